The minimum absolute atomic E-state index is 0.120. The predicted octanol–water partition coefficient (Wildman–Crippen LogP) is 0.997. The van der Waals surface area contributed by atoms with E-state index >= 15 is 0 Å². The molecule has 0 aliphatic carbocycles. The zero-order chi connectivity index (χ0) is 14.0. The van der Waals surface area contributed by atoms with Gasteiger partial charge < -0.3 is 5.73 Å². The third-order valence-electron chi connectivity index (χ3n) is 2.75. The number of hydrogen-bond donors (Lipinski definition) is 1. The highest BCUT2D eigenvalue weighted by Gasteiger charge is 2.39. The average molecular weight is 280 g/mol. The molecule has 102 valence electrons. The summed E-state index contributed by atoms with van der Waals surface area (Å²) in [7, 11) is 0. The molecule has 0 spiro atoms. The van der Waals surface area contributed by atoms with Crippen LogP contribution in [0.25, 0.3) is 0 Å². The van der Waals surface area contributed by atoms with Crippen LogP contribution in [-0.4, -0.2) is 38.5 Å². The number of nitrogen functional groups attached to an aromatic ring is 1. The molecule has 1 aliphatic rings. The number of thioether (sulfide) groups is 1. The van der Waals surface area contributed by atoms with Gasteiger partial charge in [0.05, 0.1) is 0 Å². The lowest BCUT2D eigenvalue weighted by Crippen LogP contribution is -2.31. The molecule has 1 unspecified atom stereocenters. The van der Waals surface area contributed by atoms with Gasteiger partial charge in [-0.25, -0.2) is 9.97 Å². The predicted molar refractivity (Wildman–Crippen MR) is 72.5 cm³/mol. The van der Waals surface area contributed by atoms with Crippen LogP contribution in [-0.2, 0) is 9.59 Å². The summed E-state index contributed by atoms with van der Waals surface area (Å²) < 4.78 is 0. The highest BCUT2D eigenvalue weighted by atomic mass is 32.2. The van der Waals surface area contributed by atoms with E-state index in [0.29, 0.717) is 17.5 Å². The van der Waals surface area contributed by atoms with Crippen molar-refractivity contribution in [1.29, 1.82) is 0 Å². The Hall–Kier alpha value is -1.63. The Morgan fingerprint density at radius 1 is 1.47 bits per heavy atom. The van der Waals surface area contributed by atoms with Gasteiger partial charge in [-0.2, -0.15) is 0 Å². The van der Waals surface area contributed by atoms with Crippen LogP contribution >= 0.6 is 11.8 Å². The molecule has 1 atom stereocenters. The lowest BCUT2D eigenvalue weighted by molar-refractivity contribution is -0.138. The molecular weight excluding hydrogens is 264 g/mol. The van der Waals surface area contributed by atoms with Crippen LogP contribution < -0.4 is 5.73 Å². The third kappa shape index (κ3) is 3.04. The van der Waals surface area contributed by atoms with E-state index in [1.807, 2.05) is 13.8 Å². The van der Waals surface area contributed by atoms with Gasteiger partial charge in [-0.15, -0.1) is 0 Å². The summed E-state index contributed by atoms with van der Waals surface area (Å²) in [4.78, 5) is 33.4. The molecule has 1 aromatic rings. The maximum atomic E-state index is 12.1. The highest BCUT2D eigenvalue weighted by molar-refractivity contribution is 8.00. The van der Waals surface area contributed by atoms with Crippen molar-refractivity contribution in [2.45, 2.75) is 37.1 Å². The first-order valence-corrected chi connectivity index (χ1v) is 7.01. The van der Waals surface area contributed by atoms with Crippen molar-refractivity contribution in [3.05, 3.63) is 11.8 Å². The van der Waals surface area contributed by atoms with Gasteiger partial charge in [-0.1, -0.05) is 18.7 Å². The minimum atomic E-state index is -0.430. The normalized spacial score (nSPS) is 19.3. The van der Waals surface area contributed by atoms with E-state index in [4.69, 9.17) is 5.73 Å². The maximum absolute atomic E-state index is 12.1. The van der Waals surface area contributed by atoms with Crippen LogP contribution in [0, 0.1) is 6.92 Å². The lowest BCUT2D eigenvalue weighted by atomic mass is 10.4. The first kappa shape index (κ1) is 13.8. The quantitative estimate of drug-likeness (QED) is 0.653. The summed E-state index contributed by atoms with van der Waals surface area (Å²) >= 11 is 1.21. The number of anilines is 1. The van der Waals surface area contributed by atoms with E-state index in [1.165, 1.54) is 16.7 Å². The minimum Gasteiger partial charge on any atom is -0.384 e. The molecule has 0 bridgehead atoms. The van der Waals surface area contributed by atoms with Gasteiger partial charge in [0.15, 0.2) is 5.16 Å². The van der Waals surface area contributed by atoms with E-state index < -0.39 is 5.25 Å². The van der Waals surface area contributed by atoms with Crippen LogP contribution in [0.5, 0.6) is 0 Å². The summed E-state index contributed by atoms with van der Waals surface area (Å²) in [5.74, 6) is 0.0997. The number of amides is 2. The SMILES string of the molecule is CCCN1C(=O)CC(Sc2nc(C)cc(N)n2)C1=O. The molecule has 2 N–H and O–H groups in total. The molecule has 2 amide bonds. The van der Waals surface area contributed by atoms with Gasteiger partial charge in [-0.3, -0.25) is 14.5 Å². The molecule has 6 nitrogen and oxygen atoms in total. The number of hydrogen-bond acceptors (Lipinski definition) is 6. The van der Waals surface area contributed by atoms with Gasteiger partial charge in [0.2, 0.25) is 11.8 Å². The summed E-state index contributed by atoms with van der Waals surface area (Å²) in [5, 5.41) is 0.0160. The number of aryl methyl sites for hydroxylation is 1. The third-order valence-corrected chi connectivity index (χ3v) is 3.80. The summed E-state index contributed by atoms with van der Waals surface area (Å²) in [6.07, 6.45) is 0.976. The smallest absolute Gasteiger partial charge is 0.243 e. The van der Waals surface area contributed by atoms with Crippen molar-refractivity contribution in [1.82, 2.24) is 14.9 Å². The molecule has 7 heteroatoms. The van der Waals surface area contributed by atoms with Gasteiger partial charge in [0, 0.05) is 24.7 Å². The van der Waals surface area contributed by atoms with Crippen molar-refractivity contribution >= 4 is 29.4 Å². The Bertz CT molecular complexity index is 500. The van der Waals surface area contributed by atoms with E-state index in [1.54, 1.807) is 6.07 Å². The highest BCUT2D eigenvalue weighted by Crippen LogP contribution is 2.29. The zero-order valence-corrected chi connectivity index (χ0v) is 11.7. The summed E-state index contributed by atoms with van der Waals surface area (Å²) in [6, 6.07) is 1.66. The van der Waals surface area contributed by atoms with Crippen LogP contribution in [0.3, 0.4) is 0 Å². The topological polar surface area (TPSA) is 89.2 Å². The molecular formula is C12H16N4O2S. The molecule has 0 saturated carbocycles. The fourth-order valence-electron chi connectivity index (χ4n) is 1.95. The molecule has 1 saturated heterocycles. The molecule has 2 rings (SSSR count). The molecule has 1 aliphatic heterocycles. The van der Waals surface area contributed by atoms with Crippen LogP contribution in [0.15, 0.2) is 11.2 Å². The van der Waals surface area contributed by atoms with Crippen LogP contribution in [0.1, 0.15) is 25.5 Å². The molecule has 0 radical (unpaired) electrons. The Morgan fingerprint density at radius 3 is 2.84 bits per heavy atom. The number of imide groups is 1. The van der Waals surface area contributed by atoms with Gasteiger partial charge in [0.1, 0.15) is 11.1 Å². The fourth-order valence-corrected chi connectivity index (χ4v) is 3.01. The van der Waals surface area contributed by atoms with Crippen molar-refractivity contribution in [2.75, 3.05) is 12.3 Å². The monoisotopic (exact) mass is 280 g/mol. The number of aromatic nitrogens is 2. The number of carbonyl (C=O) groups excluding carboxylic acids is 2. The molecule has 1 aromatic heterocycles. The fraction of sp³-hybridized carbons (Fsp3) is 0.500. The molecule has 19 heavy (non-hydrogen) atoms. The first-order valence-electron chi connectivity index (χ1n) is 6.13. The maximum Gasteiger partial charge on any atom is 0.243 e. The van der Waals surface area contributed by atoms with Crippen LogP contribution in [0.4, 0.5) is 5.82 Å². The van der Waals surface area contributed by atoms with Crippen molar-refractivity contribution in [3.8, 4) is 0 Å². The second-order valence-electron chi connectivity index (χ2n) is 4.41. The number of nitrogens with zero attached hydrogens (tertiary/aromatic N) is 3. The number of rotatable bonds is 4. The van der Waals surface area contributed by atoms with Crippen LogP contribution in [0.2, 0.25) is 0 Å². The van der Waals surface area contributed by atoms with Gasteiger partial charge >= 0.3 is 0 Å². The van der Waals surface area contributed by atoms with E-state index in [-0.39, 0.29) is 18.2 Å². The molecule has 1 fully saturated rings. The number of nitrogens with two attached hydrogens (primary N) is 1. The van der Waals surface area contributed by atoms with Crippen molar-refractivity contribution in [2.24, 2.45) is 0 Å². The van der Waals surface area contributed by atoms with E-state index in [9.17, 15) is 9.59 Å². The summed E-state index contributed by atoms with van der Waals surface area (Å²) in [6.45, 7) is 4.23. The number of likely N-dealkylation sites (tertiary alicyclic amines) is 1. The second-order valence-corrected chi connectivity index (χ2v) is 5.58. The first-order chi connectivity index (χ1) is 9.01. The molecule has 2 heterocycles. The van der Waals surface area contributed by atoms with Gasteiger partial charge in [-0.05, 0) is 13.3 Å². The second kappa shape index (κ2) is 5.56. The Morgan fingerprint density at radius 2 is 2.21 bits per heavy atom. The summed E-state index contributed by atoms with van der Waals surface area (Å²) in [5.41, 5.74) is 6.39. The Balaban J connectivity index is 2.12. The standard InChI is InChI=1S/C12H16N4O2S/c1-3-4-16-10(17)6-8(11(16)18)19-12-14-7(2)5-9(13)15-12/h5,8H,3-4,6H2,1-2H3,(H2,13,14,15). The largest absolute Gasteiger partial charge is 0.384 e. The Kier molecular flexibility index (Phi) is 4.04. The number of carbonyl (C=O) groups is 2. The zero-order valence-electron chi connectivity index (χ0n) is 10.9. The average Bonchev–Trinajstić information content (AvgIpc) is 2.56. The van der Waals surface area contributed by atoms with E-state index in [0.717, 1.165) is 12.1 Å². The molecule has 0 aromatic carbocycles. The lowest BCUT2D eigenvalue weighted by Gasteiger charge is -2.13. The Labute approximate surface area is 115 Å². The van der Waals surface area contributed by atoms with Crippen molar-refractivity contribution < 1.29 is 9.59 Å². The van der Waals surface area contributed by atoms with Gasteiger partial charge in [0.25, 0.3) is 0 Å². The van der Waals surface area contributed by atoms with E-state index in [2.05, 4.69) is 9.97 Å². The van der Waals surface area contributed by atoms with Crippen molar-refractivity contribution in [3.63, 3.8) is 0 Å².